The molecular formula is C13H12FNOS. The van der Waals surface area contributed by atoms with Crippen LogP contribution < -0.4 is 4.74 Å². The Morgan fingerprint density at radius 2 is 1.94 bits per heavy atom. The molecule has 0 aliphatic rings. The molecule has 0 saturated carbocycles. The Morgan fingerprint density at radius 1 is 1.12 bits per heavy atom. The Labute approximate surface area is 104 Å². The van der Waals surface area contributed by atoms with Crippen LogP contribution in [0.1, 0.15) is 0 Å². The number of pyridine rings is 1. The zero-order valence-corrected chi connectivity index (χ0v) is 9.99. The normalized spacial score (nSPS) is 10.2. The predicted octanol–water partition coefficient (Wildman–Crippen LogP) is 3.39. The maximum atomic E-state index is 13.2. The second kappa shape index (κ2) is 6.25. The van der Waals surface area contributed by atoms with Gasteiger partial charge in [0.15, 0.2) is 11.6 Å². The van der Waals surface area contributed by atoms with E-state index in [9.17, 15) is 4.39 Å². The Balaban J connectivity index is 1.76. The van der Waals surface area contributed by atoms with E-state index < -0.39 is 0 Å². The molecule has 2 aromatic rings. The molecule has 0 unspecified atom stereocenters. The van der Waals surface area contributed by atoms with Gasteiger partial charge in [-0.1, -0.05) is 18.2 Å². The first-order valence-electron chi connectivity index (χ1n) is 5.27. The van der Waals surface area contributed by atoms with E-state index in [0.29, 0.717) is 12.4 Å². The van der Waals surface area contributed by atoms with E-state index in [2.05, 4.69) is 4.98 Å². The van der Waals surface area contributed by atoms with Crippen LogP contribution in [0.5, 0.6) is 5.75 Å². The largest absolute Gasteiger partial charge is 0.490 e. The lowest BCUT2D eigenvalue weighted by Crippen LogP contribution is -2.01. The molecule has 0 aliphatic heterocycles. The first kappa shape index (κ1) is 11.9. The Bertz CT molecular complexity index is 464. The van der Waals surface area contributed by atoms with E-state index >= 15 is 0 Å². The van der Waals surface area contributed by atoms with Gasteiger partial charge in [0.25, 0.3) is 0 Å². The van der Waals surface area contributed by atoms with Crippen molar-refractivity contribution in [3.05, 3.63) is 54.5 Å². The van der Waals surface area contributed by atoms with Gasteiger partial charge in [-0.05, 0) is 24.3 Å². The molecule has 1 aromatic heterocycles. The molecule has 0 saturated heterocycles. The molecule has 0 radical (unpaired) electrons. The van der Waals surface area contributed by atoms with Gasteiger partial charge in [0, 0.05) is 11.9 Å². The van der Waals surface area contributed by atoms with E-state index in [1.165, 1.54) is 6.07 Å². The summed E-state index contributed by atoms with van der Waals surface area (Å²) in [7, 11) is 0. The van der Waals surface area contributed by atoms with Crippen LogP contribution in [-0.4, -0.2) is 17.3 Å². The molecule has 0 fully saturated rings. The van der Waals surface area contributed by atoms with Crippen LogP contribution in [0, 0.1) is 5.82 Å². The van der Waals surface area contributed by atoms with Gasteiger partial charge in [-0.2, -0.15) is 0 Å². The third-order valence-electron chi connectivity index (χ3n) is 2.07. The van der Waals surface area contributed by atoms with Gasteiger partial charge in [0.1, 0.15) is 0 Å². The van der Waals surface area contributed by atoms with E-state index in [0.717, 1.165) is 10.8 Å². The number of para-hydroxylation sites is 1. The summed E-state index contributed by atoms with van der Waals surface area (Å²) in [6.45, 7) is 0.460. The van der Waals surface area contributed by atoms with Crippen molar-refractivity contribution in [1.82, 2.24) is 4.98 Å². The summed E-state index contributed by atoms with van der Waals surface area (Å²) < 4.78 is 18.5. The number of hydrogen-bond acceptors (Lipinski definition) is 3. The van der Waals surface area contributed by atoms with E-state index in [4.69, 9.17) is 4.74 Å². The minimum absolute atomic E-state index is 0.300. The van der Waals surface area contributed by atoms with Crippen molar-refractivity contribution >= 4 is 11.8 Å². The number of nitrogens with zero attached hydrogens (tertiary/aromatic N) is 1. The summed E-state index contributed by atoms with van der Waals surface area (Å²) in [6.07, 6.45) is 1.75. The zero-order chi connectivity index (χ0) is 11.9. The number of thioether (sulfide) groups is 1. The van der Waals surface area contributed by atoms with Gasteiger partial charge in [-0.3, -0.25) is 0 Å². The number of rotatable bonds is 5. The Hall–Kier alpha value is -1.55. The molecule has 1 heterocycles. The summed E-state index contributed by atoms with van der Waals surface area (Å²) in [5.41, 5.74) is 0. The highest BCUT2D eigenvalue weighted by Gasteiger charge is 2.01. The smallest absolute Gasteiger partial charge is 0.165 e. The van der Waals surface area contributed by atoms with Crippen molar-refractivity contribution in [2.75, 3.05) is 12.4 Å². The fraction of sp³-hybridized carbons (Fsp3) is 0.154. The van der Waals surface area contributed by atoms with Gasteiger partial charge in [-0.15, -0.1) is 11.8 Å². The summed E-state index contributed by atoms with van der Waals surface area (Å²) in [6, 6.07) is 12.2. The summed E-state index contributed by atoms with van der Waals surface area (Å²) in [4.78, 5) is 4.17. The first-order chi connectivity index (χ1) is 8.36. The van der Waals surface area contributed by atoms with E-state index in [1.807, 2.05) is 18.2 Å². The third kappa shape index (κ3) is 3.75. The summed E-state index contributed by atoms with van der Waals surface area (Å²) in [5, 5.41) is 0.949. The summed E-state index contributed by atoms with van der Waals surface area (Å²) in [5.74, 6) is 0.718. The number of halogens is 1. The van der Waals surface area contributed by atoms with Crippen LogP contribution in [0.15, 0.2) is 53.7 Å². The maximum Gasteiger partial charge on any atom is 0.165 e. The number of hydrogen-bond donors (Lipinski definition) is 0. The molecule has 17 heavy (non-hydrogen) atoms. The zero-order valence-electron chi connectivity index (χ0n) is 9.17. The predicted molar refractivity (Wildman–Crippen MR) is 66.9 cm³/mol. The molecule has 0 atom stereocenters. The average Bonchev–Trinajstić information content (AvgIpc) is 2.38. The molecular weight excluding hydrogens is 237 g/mol. The van der Waals surface area contributed by atoms with Crippen LogP contribution in [0.4, 0.5) is 4.39 Å². The lowest BCUT2D eigenvalue weighted by atomic mass is 10.3. The van der Waals surface area contributed by atoms with Crippen molar-refractivity contribution in [3.8, 4) is 5.75 Å². The quantitative estimate of drug-likeness (QED) is 0.599. The molecule has 0 aliphatic carbocycles. The molecule has 2 nitrogen and oxygen atoms in total. The van der Waals surface area contributed by atoms with Gasteiger partial charge < -0.3 is 4.74 Å². The number of ether oxygens (including phenoxy) is 1. The van der Waals surface area contributed by atoms with E-state index in [1.54, 1.807) is 36.2 Å². The van der Waals surface area contributed by atoms with E-state index in [-0.39, 0.29) is 5.82 Å². The maximum absolute atomic E-state index is 13.2. The summed E-state index contributed by atoms with van der Waals surface area (Å²) >= 11 is 1.59. The Kier molecular flexibility index (Phi) is 4.38. The van der Waals surface area contributed by atoms with Crippen molar-refractivity contribution < 1.29 is 9.13 Å². The van der Waals surface area contributed by atoms with Gasteiger partial charge in [-0.25, -0.2) is 9.37 Å². The minimum Gasteiger partial charge on any atom is -0.490 e. The average molecular weight is 249 g/mol. The highest BCUT2D eigenvalue weighted by molar-refractivity contribution is 7.99. The fourth-order valence-electron chi connectivity index (χ4n) is 1.29. The molecule has 88 valence electrons. The SMILES string of the molecule is Fc1ccccc1OCCSc1ccccn1. The van der Waals surface area contributed by atoms with Gasteiger partial charge in [0.05, 0.1) is 11.6 Å². The number of aromatic nitrogens is 1. The second-order valence-corrected chi connectivity index (χ2v) is 4.41. The van der Waals surface area contributed by atoms with Gasteiger partial charge >= 0.3 is 0 Å². The first-order valence-corrected chi connectivity index (χ1v) is 6.26. The lowest BCUT2D eigenvalue weighted by Gasteiger charge is -2.06. The standard InChI is InChI=1S/C13H12FNOS/c14-11-5-1-2-6-12(11)16-9-10-17-13-7-3-4-8-15-13/h1-8H,9-10H2. The van der Waals surface area contributed by atoms with Gasteiger partial charge in [0.2, 0.25) is 0 Å². The van der Waals surface area contributed by atoms with Crippen LogP contribution in [0.3, 0.4) is 0 Å². The Morgan fingerprint density at radius 3 is 2.71 bits per heavy atom. The third-order valence-corrected chi connectivity index (χ3v) is 2.97. The molecule has 0 spiro atoms. The van der Waals surface area contributed by atoms with Crippen molar-refractivity contribution in [1.29, 1.82) is 0 Å². The number of benzene rings is 1. The lowest BCUT2D eigenvalue weighted by molar-refractivity contribution is 0.325. The monoisotopic (exact) mass is 249 g/mol. The molecule has 0 bridgehead atoms. The minimum atomic E-state index is -0.324. The van der Waals surface area contributed by atoms with Crippen molar-refractivity contribution in [3.63, 3.8) is 0 Å². The van der Waals surface area contributed by atoms with Crippen molar-refractivity contribution in [2.45, 2.75) is 5.03 Å². The fourth-order valence-corrected chi connectivity index (χ4v) is 1.98. The van der Waals surface area contributed by atoms with Crippen LogP contribution >= 0.6 is 11.8 Å². The molecule has 2 rings (SSSR count). The molecule has 1 aromatic carbocycles. The van der Waals surface area contributed by atoms with Crippen LogP contribution in [0.2, 0.25) is 0 Å². The molecule has 0 amide bonds. The topological polar surface area (TPSA) is 22.1 Å². The molecule has 4 heteroatoms. The highest BCUT2D eigenvalue weighted by atomic mass is 32.2. The molecule has 0 N–H and O–H groups in total. The van der Waals surface area contributed by atoms with Crippen LogP contribution in [-0.2, 0) is 0 Å². The van der Waals surface area contributed by atoms with Crippen molar-refractivity contribution in [2.24, 2.45) is 0 Å². The second-order valence-electron chi connectivity index (χ2n) is 3.30. The van der Waals surface area contributed by atoms with Crippen LogP contribution in [0.25, 0.3) is 0 Å². The highest BCUT2D eigenvalue weighted by Crippen LogP contribution is 2.17.